The molecule has 5 nitrogen and oxygen atoms in total. The number of hydrogen-bond acceptors (Lipinski definition) is 4. The smallest absolute Gasteiger partial charge is 0.188 e. The molecular formula is C29H28N2O3. The van der Waals surface area contributed by atoms with E-state index < -0.39 is 5.60 Å². The molecule has 0 unspecified atom stereocenters. The minimum absolute atomic E-state index is 0.182. The number of carbonyl (C=O) groups is 1. The molecule has 0 amide bonds. The molecule has 1 N–H and O–H groups in total. The maximum absolute atomic E-state index is 12.7. The molecule has 0 saturated heterocycles. The summed E-state index contributed by atoms with van der Waals surface area (Å²) in [5.74, 6) is 2.38. The number of aryl methyl sites for hydroxylation is 1. The van der Waals surface area contributed by atoms with Crippen molar-refractivity contribution in [3.05, 3.63) is 113 Å². The number of carbonyl (C=O) groups excluding carboxylic acids is 1. The number of rotatable bonds is 7. The molecule has 1 heterocycles. The maximum Gasteiger partial charge on any atom is 0.188 e. The van der Waals surface area contributed by atoms with E-state index in [4.69, 9.17) is 9.47 Å². The molecule has 1 aliphatic carbocycles. The van der Waals surface area contributed by atoms with Gasteiger partial charge in [0.15, 0.2) is 17.2 Å². The van der Waals surface area contributed by atoms with Gasteiger partial charge in [0.1, 0.15) is 18.1 Å². The monoisotopic (exact) mass is 452 g/mol. The van der Waals surface area contributed by atoms with Crippen LogP contribution in [0, 0.1) is 6.92 Å². The number of aromatic nitrogens is 2. The number of ether oxygens (including phenoxy) is 2. The third-order valence-electron chi connectivity index (χ3n) is 6.48. The van der Waals surface area contributed by atoms with E-state index in [0.29, 0.717) is 24.6 Å². The van der Waals surface area contributed by atoms with Crippen molar-refractivity contribution in [2.45, 2.75) is 45.3 Å². The van der Waals surface area contributed by atoms with E-state index in [2.05, 4.69) is 9.97 Å². The van der Waals surface area contributed by atoms with Gasteiger partial charge in [0.25, 0.3) is 0 Å². The van der Waals surface area contributed by atoms with Crippen molar-refractivity contribution < 1.29 is 14.3 Å². The molecule has 34 heavy (non-hydrogen) atoms. The molecule has 4 aromatic rings. The van der Waals surface area contributed by atoms with Gasteiger partial charge >= 0.3 is 0 Å². The Hall–Kier alpha value is -3.86. The van der Waals surface area contributed by atoms with Crippen LogP contribution in [-0.2, 0) is 18.6 Å². The molecule has 0 saturated carbocycles. The normalized spacial score (nSPS) is 14.8. The Kier molecular flexibility index (Phi) is 5.93. The summed E-state index contributed by atoms with van der Waals surface area (Å²) in [4.78, 5) is 20.4. The number of ketones is 1. The predicted molar refractivity (Wildman–Crippen MR) is 131 cm³/mol. The molecule has 0 aliphatic heterocycles. The second-order valence-corrected chi connectivity index (χ2v) is 8.89. The Labute approximate surface area is 199 Å². The molecule has 3 aromatic carbocycles. The largest absolute Gasteiger partial charge is 0.489 e. The lowest BCUT2D eigenvalue weighted by molar-refractivity contribution is 0.0970. The van der Waals surface area contributed by atoms with E-state index in [1.165, 1.54) is 0 Å². The Morgan fingerprint density at radius 2 is 1.88 bits per heavy atom. The Balaban J connectivity index is 1.58. The summed E-state index contributed by atoms with van der Waals surface area (Å²) in [6, 6.07) is 21.8. The van der Waals surface area contributed by atoms with Gasteiger partial charge in [0.2, 0.25) is 0 Å². The van der Waals surface area contributed by atoms with E-state index in [1.54, 1.807) is 12.4 Å². The zero-order valence-corrected chi connectivity index (χ0v) is 19.5. The van der Waals surface area contributed by atoms with Crippen LogP contribution in [0.15, 0.2) is 79.1 Å². The van der Waals surface area contributed by atoms with Crippen LogP contribution in [0.4, 0.5) is 0 Å². The van der Waals surface area contributed by atoms with Crippen molar-refractivity contribution in [3.63, 3.8) is 0 Å². The van der Waals surface area contributed by atoms with Crippen LogP contribution in [0.1, 0.15) is 58.2 Å². The lowest BCUT2D eigenvalue weighted by Crippen LogP contribution is -2.33. The fraction of sp³-hybridized carbons (Fsp3) is 0.241. The molecule has 0 spiro atoms. The van der Waals surface area contributed by atoms with Crippen LogP contribution in [0.3, 0.4) is 0 Å². The lowest BCUT2D eigenvalue weighted by atomic mass is 9.86. The van der Waals surface area contributed by atoms with Crippen molar-refractivity contribution in [2.75, 3.05) is 0 Å². The highest BCUT2D eigenvalue weighted by Gasteiger charge is 2.35. The number of nitrogens with one attached hydrogen (secondary N) is 1. The quantitative estimate of drug-likeness (QED) is 0.365. The van der Waals surface area contributed by atoms with Gasteiger partial charge in [-0.05, 0) is 62.1 Å². The zero-order chi connectivity index (χ0) is 23.5. The second kappa shape index (κ2) is 9.18. The average molecular weight is 453 g/mol. The first kappa shape index (κ1) is 22.0. The highest BCUT2D eigenvalue weighted by molar-refractivity contribution is 5.99. The highest BCUT2D eigenvalue weighted by atomic mass is 16.5. The second-order valence-electron chi connectivity index (χ2n) is 8.89. The summed E-state index contributed by atoms with van der Waals surface area (Å²) < 4.78 is 13.0. The van der Waals surface area contributed by atoms with Crippen LogP contribution >= 0.6 is 0 Å². The SMILES string of the molecule is Cc1cccc(OCc2c(O[C@@](C)(c3ccccc3)c3ncc[nH]3)ccc3c2CCCC3=O)c1. The molecule has 0 radical (unpaired) electrons. The van der Waals surface area contributed by atoms with Crippen LogP contribution in [-0.4, -0.2) is 15.8 Å². The number of fused-ring (bicyclic) bond motifs is 1. The number of imidazole rings is 1. The van der Waals surface area contributed by atoms with E-state index in [0.717, 1.165) is 46.4 Å². The molecule has 1 aromatic heterocycles. The fourth-order valence-corrected chi connectivity index (χ4v) is 4.64. The van der Waals surface area contributed by atoms with Gasteiger partial charge in [0, 0.05) is 35.5 Å². The van der Waals surface area contributed by atoms with Gasteiger partial charge in [-0.25, -0.2) is 4.98 Å². The van der Waals surface area contributed by atoms with Gasteiger partial charge in [-0.15, -0.1) is 0 Å². The first-order chi connectivity index (χ1) is 16.5. The summed E-state index contributed by atoms with van der Waals surface area (Å²) in [7, 11) is 0. The van der Waals surface area contributed by atoms with Gasteiger partial charge in [-0.2, -0.15) is 0 Å². The number of aromatic amines is 1. The van der Waals surface area contributed by atoms with Crippen molar-refractivity contribution in [1.29, 1.82) is 0 Å². The molecule has 172 valence electrons. The number of hydrogen-bond donors (Lipinski definition) is 1. The van der Waals surface area contributed by atoms with Gasteiger partial charge in [0.05, 0.1) is 0 Å². The minimum atomic E-state index is -0.851. The molecule has 1 atom stereocenters. The lowest BCUT2D eigenvalue weighted by Gasteiger charge is -2.32. The van der Waals surface area contributed by atoms with E-state index in [9.17, 15) is 4.79 Å². The van der Waals surface area contributed by atoms with Crippen molar-refractivity contribution in [3.8, 4) is 11.5 Å². The Morgan fingerprint density at radius 1 is 1.03 bits per heavy atom. The third-order valence-corrected chi connectivity index (χ3v) is 6.48. The summed E-state index contributed by atoms with van der Waals surface area (Å²) in [6.07, 6.45) is 5.77. The number of Topliss-reactive ketones (excluding diaryl/α,β-unsaturated/α-hetero) is 1. The molecule has 1 aliphatic rings. The van der Waals surface area contributed by atoms with E-state index in [1.807, 2.05) is 80.6 Å². The average Bonchev–Trinajstić information content (AvgIpc) is 3.40. The summed E-state index contributed by atoms with van der Waals surface area (Å²) in [6.45, 7) is 4.37. The summed E-state index contributed by atoms with van der Waals surface area (Å²) in [5.41, 5.74) is 3.98. The van der Waals surface area contributed by atoms with E-state index in [-0.39, 0.29) is 5.78 Å². The third kappa shape index (κ3) is 4.21. The zero-order valence-electron chi connectivity index (χ0n) is 19.5. The number of benzene rings is 3. The molecule has 5 rings (SSSR count). The van der Waals surface area contributed by atoms with Crippen LogP contribution < -0.4 is 9.47 Å². The Bertz CT molecular complexity index is 1300. The van der Waals surface area contributed by atoms with Crippen LogP contribution in [0.25, 0.3) is 0 Å². The number of H-pyrrole nitrogens is 1. The van der Waals surface area contributed by atoms with Gasteiger partial charge < -0.3 is 14.5 Å². The van der Waals surface area contributed by atoms with E-state index >= 15 is 0 Å². The molecule has 0 fully saturated rings. The maximum atomic E-state index is 12.7. The summed E-state index contributed by atoms with van der Waals surface area (Å²) >= 11 is 0. The van der Waals surface area contributed by atoms with Crippen molar-refractivity contribution in [2.24, 2.45) is 0 Å². The van der Waals surface area contributed by atoms with Crippen LogP contribution in [0.5, 0.6) is 11.5 Å². The van der Waals surface area contributed by atoms with Crippen molar-refractivity contribution in [1.82, 2.24) is 9.97 Å². The predicted octanol–water partition coefficient (Wildman–Crippen LogP) is 6.16. The standard InChI is InChI=1S/C29H28N2O3/c1-20-8-6-11-22(18-20)33-19-25-23-12-7-13-26(32)24(23)14-15-27(25)34-29(2,28-30-16-17-31-28)21-9-4-3-5-10-21/h3-6,8-11,14-18H,7,12-13,19H2,1-2H3,(H,30,31)/t29-/m0/s1. The van der Waals surface area contributed by atoms with Gasteiger partial charge in [-0.1, -0.05) is 42.5 Å². The topological polar surface area (TPSA) is 64.2 Å². The molecule has 5 heteroatoms. The van der Waals surface area contributed by atoms with Crippen molar-refractivity contribution >= 4 is 5.78 Å². The molecular weight excluding hydrogens is 424 g/mol. The van der Waals surface area contributed by atoms with Gasteiger partial charge in [-0.3, -0.25) is 4.79 Å². The Morgan fingerprint density at radius 3 is 2.65 bits per heavy atom. The number of nitrogens with zero attached hydrogens (tertiary/aromatic N) is 1. The molecule has 0 bridgehead atoms. The highest BCUT2D eigenvalue weighted by Crippen LogP contribution is 2.38. The minimum Gasteiger partial charge on any atom is -0.489 e. The first-order valence-electron chi connectivity index (χ1n) is 11.7. The summed E-state index contributed by atoms with van der Waals surface area (Å²) in [5, 5.41) is 0. The van der Waals surface area contributed by atoms with Crippen LogP contribution in [0.2, 0.25) is 0 Å². The first-order valence-corrected chi connectivity index (χ1v) is 11.7. The fourth-order valence-electron chi connectivity index (χ4n) is 4.64.